The van der Waals surface area contributed by atoms with E-state index in [1.807, 2.05) is 0 Å². The molecule has 0 saturated carbocycles. The molecule has 2 aromatic carbocycles. The van der Waals surface area contributed by atoms with E-state index < -0.39 is 15.8 Å². The highest BCUT2D eigenvalue weighted by Gasteiger charge is 2.22. The van der Waals surface area contributed by atoms with Crippen molar-refractivity contribution in [1.29, 1.82) is 0 Å². The summed E-state index contributed by atoms with van der Waals surface area (Å²) in [5.74, 6) is -0.575. The minimum Gasteiger partial charge on any atom is -0.408 e. The number of nitrogens with one attached hydrogen (secondary N) is 2. The molecule has 3 aromatic rings. The van der Waals surface area contributed by atoms with Gasteiger partial charge < -0.3 is 9.32 Å². The molecule has 1 saturated heterocycles. The first kappa shape index (κ1) is 16.4. The van der Waals surface area contributed by atoms with Crippen molar-refractivity contribution in [2.45, 2.75) is 17.7 Å². The minimum atomic E-state index is -3.84. The zero-order chi connectivity index (χ0) is 18.3. The van der Waals surface area contributed by atoms with Gasteiger partial charge in [0.05, 0.1) is 10.4 Å². The Kier molecular flexibility index (Phi) is 3.80. The van der Waals surface area contributed by atoms with Crippen LogP contribution in [0.1, 0.15) is 12.8 Å². The van der Waals surface area contributed by atoms with Gasteiger partial charge in [-0.2, -0.15) is 0 Å². The SMILES string of the molecule is O=C1CCCN1c1ccc(NS(=O)(=O)c2ccc3[nH]c(=O)oc3c2)cc1. The molecule has 8 nitrogen and oxygen atoms in total. The summed E-state index contributed by atoms with van der Waals surface area (Å²) < 4.78 is 32.4. The number of aromatic amines is 1. The van der Waals surface area contributed by atoms with Crippen molar-refractivity contribution >= 4 is 38.4 Å². The van der Waals surface area contributed by atoms with E-state index in [1.165, 1.54) is 18.2 Å². The van der Waals surface area contributed by atoms with Gasteiger partial charge in [-0.15, -0.1) is 0 Å². The van der Waals surface area contributed by atoms with Gasteiger partial charge in [0, 0.05) is 30.4 Å². The summed E-state index contributed by atoms with van der Waals surface area (Å²) in [5, 5.41) is 0. The molecule has 0 bridgehead atoms. The highest BCUT2D eigenvalue weighted by atomic mass is 32.2. The number of amides is 1. The molecule has 0 atom stereocenters. The van der Waals surface area contributed by atoms with Crippen LogP contribution in [0.3, 0.4) is 0 Å². The van der Waals surface area contributed by atoms with E-state index in [-0.39, 0.29) is 16.4 Å². The Morgan fingerprint density at radius 3 is 2.54 bits per heavy atom. The van der Waals surface area contributed by atoms with Crippen molar-refractivity contribution in [3.8, 4) is 0 Å². The maximum absolute atomic E-state index is 12.5. The number of rotatable bonds is 4. The lowest BCUT2D eigenvalue weighted by atomic mass is 10.2. The molecule has 26 heavy (non-hydrogen) atoms. The maximum atomic E-state index is 12.5. The second kappa shape index (κ2) is 6.03. The topological polar surface area (TPSA) is 112 Å². The number of benzene rings is 2. The second-order valence-electron chi connectivity index (χ2n) is 5.97. The quantitative estimate of drug-likeness (QED) is 0.727. The lowest BCUT2D eigenvalue weighted by Crippen LogP contribution is -2.23. The molecule has 0 radical (unpaired) electrons. The van der Waals surface area contributed by atoms with Crippen molar-refractivity contribution in [3.63, 3.8) is 0 Å². The molecule has 1 aliphatic rings. The summed E-state index contributed by atoms with van der Waals surface area (Å²) in [6.07, 6.45) is 1.36. The van der Waals surface area contributed by atoms with Gasteiger partial charge in [0.25, 0.3) is 10.0 Å². The van der Waals surface area contributed by atoms with Crippen molar-refractivity contribution in [3.05, 3.63) is 53.0 Å². The summed E-state index contributed by atoms with van der Waals surface area (Å²) in [5.41, 5.74) is 1.70. The van der Waals surface area contributed by atoms with Crippen molar-refractivity contribution in [1.82, 2.24) is 4.98 Å². The standard InChI is InChI=1S/C17H15N3O5S/c21-16-2-1-9-20(16)12-5-3-11(4-6-12)19-26(23,24)13-7-8-14-15(10-13)25-17(22)18-14/h3-8,10,19H,1-2,9H2,(H,18,22). The average Bonchev–Trinajstić information content (AvgIpc) is 3.19. The van der Waals surface area contributed by atoms with Gasteiger partial charge in [-0.05, 0) is 42.8 Å². The van der Waals surface area contributed by atoms with Crippen molar-refractivity contribution < 1.29 is 17.6 Å². The minimum absolute atomic E-state index is 0.0217. The zero-order valence-electron chi connectivity index (χ0n) is 13.6. The van der Waals surface area contributed by atoms with Crippen LogP contribution in [0, 0.1) is 0 Å². The predicted molar refractivity (Wildman–Crippen MR) is 95.7 cm³/mol. The Bertz CT molecular complexity index is 1150. The molecule has 0 aliphatic carbocycles. The average molecular weight is 373 g/mol. The van der Waals surface area contributed by atoms with Gasteiger partial charge in [-0.1, -0.05) is 0 Å². The lowest BCUT2D eigenvalue weighted by molar-refractivity contribution is -0.117. The first-order valence-electron chi connectivity index (χ1n) is 7.98. The molecule has 0 unspecified atom stereocenters. The molecule has 0 spiro atoms. The Morgan fingerprint density at radius 1 is 1.08 bits per heavy atom. The first-order chi connectivity index (χ1) is 12.4. The van der Waals surface area contributed by atoms with Crippen molar-refractivity contribution in [2.24, 2.45) is 0 Å². The van der Waals surface area contributed by atoms with Crippen LogP contribution in [0.2, 0.25) is 0 Å². The molecule has 1 aromatic heterocycles. The van der Waals surface area contributed by atoms with Crippen LogP contribution < -0.4 is 15.4 Å². The normalized spacial score (nSPS) is 14.9. The molecule has 2 heterocycles. The molecule has 134 valence electrons. The molecule has 1 fully saturated rings. The van der Waals surface area contributed by atoms with E-state index in [1.54, 1.807) is 29.2 Å². The van der Waals surface area contributed by atoms with E-state index in [0.717, 1.165) is 12.1 Å². The van der Waals surface area contributed by atoms with Crippen LogP contribution in [0.15, 0.2) is 56.6 Å². The summed E-state index contributed by atoms with van der Waals surface area (Å²) in [7, 11) is -3.84. The number of oxazole rings is 1. The molecule has 4 rings (SSSR count). The fourth-order valence-electron chi connectivity index (χ4n) is 2.94. The van der Waals surface area contributed by atoms with Gasteiger partial charge in [0.2, 0.25) is 5.91 Å². The molecule has 2 N–H and O–H groups in total. The molecular formula is C17H15N3O5S. The number of H-pyrrole nitrogens is 1. The van der Waals surface area contributed by atoms with Crippen LogP contribution >= 0.6 is 0 Å². The molecule has 1 aliphatic heterocycles. The highest BCUT2D eigenvalue weighted by molar-refractivity contribution is 7.92. The molecular weight excluding hydrogens is 358 g/mol. The number of fused-ring (bicyclic) bond motifs is 1. The predicted octanol–water partition coefficient (Wildman–Crippen LogP) is 2.05. The van der Waals surface area contributed by atoms with Gasteiger partial charge in [0.1, 0.15) is 0 Å². The Labute approximate surface area is 148 Å². The summed E-state index contributed by atoms with van der Waals surface area (Å²) >= 11 is 0. The summed E-state index contributed by atoms with van der Waals surface area (Å²) in [4.78, 5) is 27.1. The van der Waals surface area contributed by atoms with Gasteiger partial charge >= 0.3 is 5.76 Å². The smallest absolute Gasteiger partial charge is 0.408 e. The van der Waals surface area contributed by atoms with E-state index >= 15 is 0 Å². The Morgan fingerprint density at radius 2 is 1.85 bits per heavy atom. The molecule has 9 heteroatoms. The van der Waals surface area contributed by atoms with Gasteiger partial charge in [0.15, 0.2) is 5.58 Å². The van der Waals surface area contributed by atoms with E-state index in [9.17, 15) is 18.0 Å². The number of hydrogen-bond acceptors (Lipinski definition) is 5. The Hall–Kier alpha value is -3.07. The van der Waals surface area contributed by atoms with Crippen LogP contribution in [0.4, 0.5) is 11.4 Å². The number of carbonyl (C=O) groups is 1. The number of sulfonamides is 1. The first-order valence-corrected chi connectivity index (χ1v) is 9.47. The Balaban J connectivity index is 1.58. The number of hydrogen-bond donors (Lipinski definition) is 2. The van der Waals surface area contributed by atoms with Gasteiger partial charge in [-0.3, -0.25) is 14.5 Å². The van der Waals surface area contributed by atoms with Crippen LogP contribution in [-0.4, -0.2) is 25.9 Å². The highest BCUT2D eigenvalue weighted by Crippen LogP contribution is 2.25. The monoisotopic (exact) mass is 373 g/mol. The molecule has 1 amide bonds. The fraction of sp³-hybridized carbons (Fsp3) is 0.176. The third-order valence-electron chi connectivity index (χ3n) is 4.21. The van der Waals surface area contributed by atoms with Crippen LogP contribution in [0.25, 0.3) is 11.1 Å². The number of nitrogens with zero attached hydrogens (tertiary/aromatic N) is 1. The third-order valence-corrected chi connectivity index (χ3v) is 5.59. The number of anilines is 2. The van der Waals surface area contributed by atoms with E-state index in [0.29, 0.717) is 24.2 Å². The van der Waals surface area contributed by atoms with E-state index in [2.05, 4.69) is 9.71 Å². The zero-order valence-corrected chi connectivity index (χ0v) is 14.4. The maximum Gasteiger partial charge on any atom is 0.417 e. The third kappa shape index (κ3) is 2.97. The van der Waals surface area contributed by atoms with Crippen LogP contribution in [0.5, 0.6) is 0 Å². The number of aromatic nitrogens is 1. The largest absolute Gasteiger partial charge is 0.417 e. The summed E-state index contributed by atoms with van der Waals surface area (Å²) in [6, 6.07) is 10.8. The second-order valence-corrected chi connectivity index (χ2v) is 7.66. The van der Waals surface area contributed by atoms with Crippen LogP contribution in [-0.2, 0) is 14.8 Å². The lowest BCUT2D eigenvalue weighted by Gasteiger charge is -2.16. The van der Waals surface area contributed by atoms with E-state index in [4.69, 9.17) is 4.42 Å². The van der Waals surface area contributed by atoms with Gasteiger partial charge in [-0.25, -0.2) is 13.2 Å². The van der Waals surface area contributed by atoms with Crippen molar-refractivity contribution in [2.75, 3.05) is 16.2 Å². The summed E-state index contributed by atoms with van der Waals surface area (Å²) in [6.45, 7) is 0.672. The fourth-order valence-corrected chi connectivity index (χ4v) is 4.01. The number of carbonyl (C=O) groups excluding carboxylic acids is 1.